The van der Waals surface area contributed by atoms with Crippen molar-refractivity contribution >= 4 is 52.3 Å². The summed E-state index contributed by atoms with van der Waals surface area (Å²) in [7, 11) is 18.2. The van der Waals surface area contributed by atoms with Crippen molar-refractivity contribution in [1.29, 1.82) is 0 Å². The van der Waals surface area contributed by atoms with Crippen molar-refractivity contribution in [2.45, 2.75) is 126 Å². The van der Waals surface area contributed by atoms with E-state index in [1.54, 1.807) is 0 Å². The molecule has 6 aromatic rings. The second-order valence-electron chi connectivity index (χ2n) is 21.1. The van der Waals surface area contributed by atoms with Crippen LogP contribution in [0, 0.1) is 0 Å². The molecule has 0 nitrogen and oxygen atoms in total. The third kappa shape index (κ3) is 7.23. The number of aryl methyl sites for hydroxylation is 2. The van der Waals surface area contributed by atoms with E-state index in [1.165, 1.54) is 103 Å². The Morgan fingerprint density at radius 3 is 1.39 bits per heavy atom. The predicted octanol–water partition coefficient (Wildman–Crippen LogP) is 15.3. The molecule has 329 valence electrons. The number of fused-ring (bicyclic) bond motifs is 5. The Balaban J connectivity index is 1.43. The predicted molar refractivity (Wildman–Crippen MR) is 282 cm³/mol. The van der Waals surface area contributed by atoms with Crippen molar-refractivity contribution < 1.29 is 16.4 Å². The van der Waals surface area contributed by atoms with E-state index < -0.39 is 25.9 Å². The van der Waals surface area contributed by atoms with Gasteiger partial charge in [-0.3, -0.25) is 0 Å². The van der Waals surface area contributed by atoms with Crippen LogP contribution in [0.2, 0.25) is 0 Å². The third-order valence-electron chi connectivity index (χ3n) is 15.0. The summed E-state index contributed by atoms with van der Waals surface area (Å²) >= 11 is -5.74. The summed E-state index contributed by atoms with van der Waals surface area (Å²) in [5.74, 6) is 0. The van der Waals surface area contributed by atoms with Crippen molar-refractivity contribution in [2.24, 2.45) is 0 Å². The standard InChI is InChI=1S/2C24H29.C12H9Si.2ClH.Zr/c2*1-6-10-17-15-19-13-14-22(24(3,4)5)23(21(19)16-17)20-12-9-8-11-18(20)7-2;1-3-7-11-9(5-1)10-6-2-4-8-12(10)13-11;;;/h2*8-9,11-16H,6-7,10H2,1-5H3;1-7H,13H2;2*1H;/q;;;;;+2/p-2. The van der Waals surface area contributed by atoms with Crippen LogP contribution < -0.4 is 13.6 Å². The molecule has 0 fully saturated rings. The quantitative estimate of drug-likeness (QED) is 0.113. The van der Waals surface area contributed by atoms with Gasteiger partial charge in [-0.25, -0.2) is 0 Å². The summed E-state index contributed by atoms with van der Waals surface area (Å²) < 4.78 is 1.11. The minimum atomic E-state index is -5.74. The van der Waals surface area contributed by atoms with Crippen LogP contribution in [-0.2, 0) is 40.1 Å². The molecule has 0 spiro atoms. The molecule has 9 rings (SSSR count). The summed E-state index contributed by atoms with van der Waals surface area (Å²) in [6.07, 6.45) is 11.1. The van der Waals surface area contributed by atoms with Gasteiger partial charge >= 0.3 is 399 Å². The average Bonchev–Trinajstić information content (AvgIpc) is 3.97. The fraction of sp³-hybridized carbons (Fsp3) is 0.333. The van der Waals surface area contributed by atoms with Gasteiger partial charge in [-0.15, -0.1) is 0 Å². The molecular weight excluding hydrogens is 911 g/mol. The molecule has 1 heterocycles. The summed E-state index contributed by atoms with van der Waals surface area (Å²) in [5.41, 5.74) is 21.8. The zero-order valence-electron chi connectivity index (χ0n) is 40.0. The van der Waals surface area contributed by atoms with Crippen molar-refractivity contribution in [3.05, 3.63) is 171 Å². The van der Waals surface area contributed by atoms with E-state index in [4.69, 9.17) is 0 Å². The van der Waals surface area contributed by atoms with Crippen LogP contribution in [-0.4, -0.2) is 9.52 Å². The van der Waals surface area contributed by atoms with E-state index in [9.17, 15) is 17.0 Å². The topological polar surface area (TPSA) is 0 Å². The molecule has 0 aromatic heterocycles. The molecule has 0 saturated carbocycles. The number of rotatable bonds is 11. The van der Waals surface area contributed by atoms with Crippen LogP contribution in [0.25, 0.3) is 45.5 Å². The fourth-order valence-electron chi connectivity index (χ4n) is 12.3. The maximum atomic E-state index is 9.56. The van der Waals surface area contributed by atoms with Gasteiger partial charge in [0.25, 0.3) is 0 Å². The van der Waals surface area contributed by atoms with Crippen LogP contribution in [0.3, 0.4) is 0 Å². The monoisotopic (exact) mass is 975 g/mol. The minimum absolute atomic E-state index is 0.0724. The number of hydrogen-bond donors (Lipinski definition) is 0. The Labute approximate surface area is 395 Å². The Morgan fingerprint density at radius 1 is 0.500 bits per heavy atom. The molecule has 64 heavy (non-hydrogen) atoms. The Bertz CT molecular complexity index is 2730. The SMILES string of the molecule is CCCC1=Cc2c(ccc(C(C)(C)C)c2-c2ccccc2CC)[CH]1[Zr]([Cl])([Cl])([c]1cccc2c1[SiH2]c1ccccc1-2)[CH]1C(CCC)=Cc2c1ccc(C(C)(C)C)c2-c1ccccc1CC. The molecule has 2 atom stereocenters. The van der Waals surface area contributed by atoms with Crippen molar-refractivity contribution in [3.8, 4) is 33.4 Å². The molecule has 0 saturated heterocycles. The third-order valence-corrected chi connectivity index (χ3v) is 37.8. The van der Waals surface area contributed by atoms with E-state index in [1.807, 2.05) is 0 Å². The van der Waals surface area contributed by atoms with Gasteiger partial charge < -0.3 is 0 Å². The summed E-state index contributed by atoms with van der Waals surface area (Å²) in [5, 5.41) is 2.99. The molecule has 2 unspecified atom stereocenters. The van der Waals surface area contributed by atoms with E-state index in [0.717, 1.165) is 38.5 Å². The number of allylic oxidation sites excluding steroid dienone is 2. The normalized spacial score (nSPS) is 17.7. The van der Waals surface area contributed by atoms with Crippen LogP contribution >= 0.6 is 17.0 Å². The number of hydrogen-bond acceptors (Lipinski definition) is 0. The van der Waals surface area contributed by atoms with E-state index >= 15 is 0 Å². The molecule has 4 heteroatoms. The zero-order valence-corrected chi connectivity index (χ0v) is 45.4. The Morgan fingerprint density at radius 2 is 0.938 bits per heavy atom. The fourth-order valence-corrected chi connectivity index (χ4v) is 40.3. The van der Waals surface area contributed by atoms with Crippen molar-refractivity contribution in [1.82, 2.24) is 0 Å². The molecule has 0 N–H and O–H groups in total. The first kappa shape index (κ1) is 45.6. The van der Waals surface area contributed by atoms with Crippen LogP contribution in [0.4, 0.5) is 0 Å². The zero-order chi connectivity index (χ0) is 45.4. The molecular formula is C60H67Cl2SiZr. The van der Waals surface area contributed by atoms with E-state index in [0.29, 0.717) is 0 Å². The first-order chi connectivity index (χ1) is 30.6. The Kier molecular flexibility index (Phi) is 12.1. The van der Waals surface area contributed by atoms with E-state index in [2.05, 4.69) is 197 Å². The van der Waals surface area contributed by atoms with Gasteiger partial charge in [-0.05, 0) is 0 Å². The molecule has 3 aliphatic rings. The van der Waals surface area contributed by atoms with Crippen molar-refractivity contribution in [3.63, 3.8) is 0 Å². The van der Waals surface area contributed by atoms with Crippen LogP contribution in [0.15, 0.2) is 126 Å². The number of halogens is 2. The first-order valence-corrected chi connectivity index (χ1v) is 36.1. The molecule has 6 aromatic carbocycles. The summed E-state index contributed by atoms with van der Waals surface area (Å²) in [4.78, 5) is 0. The summed E-state index contributed by atoms with van der Waals surface area (Å²) in [6, 6.07) is 44.3. The molecule has 0 radical (unpaired) electrons. The van der Waals surface area contributed by atoms with E-state index in [-0.39, 0.29) is 18.1 Å². The van der Waals surface area contributed by atoms with Gasteiger partial charge in [-0.2, -0.15) is 0 Å². The maximum absolute atomic E-state index is 9.56. The summed E-state index contributed by atoms with van der Waals surface area (Å²) in [6.45, 7) is 23.5. The van der Waals surface area contributed by atoms with Crippen LogP contribution in [0.1, 0.15) is 147 Å². The van der Waals surface area contributed by atoms with Gasteiger partial charge in [0.2, 0.25) is 0 Å². The van der Waals surface area contributed by atoms with Gasteiger partial charge in [0.1, 0.15) is 0 Å². The van der Waals surface area contributed by atoms with Gasteiger partial charge in [0, 0.05) is 0 Å². The second-order valence-corrected chi connectivity index (χ2v) is 43.6. The molecule has 1 aliphatic heterocycles. The second kappa shape index (κ2) is 17.0. The molecule has 0 amide bonds. The van der Waals surface area contributed by atoms with Crippen LogP contribution in [0.5, 0.6) is 0 Å². The molecule has 0 bridgehead atoms. The Hall–Kier alpha value is -3.52. The first-order valence-electron chi connectivity index (χ1n) is 24.3. The number of benzene rings is 6. The molecule has 2 aliphatic carbocycles. The van der Waals surface area contributed by atoms with Gasteiger partial charge in [-0.1, -0.05) is 0 Å². The van der Waals surface area contributed by atoms with Gasteiger partial charge in [0.05, 0.1) is 0 Å². The van der Waals surface area contributed by atoms with Crippen molar-refractivity contribution in [2.75, 3.05) is 0 Å². The van der Waals surface area contributed by atoms with Gasteiger partial charge in [0.15, 0.2) is 0 Å². The average molecular weight is 978 g/mol.